The number of urea groups is 1. The Morgan fingerprint density at radius 2 is 1.66 bits per heavy atom. The summed E-state index contributed by atoms with van der Waals surface area (Å²) in [4.78, 5) is 54.2. The van der Waals surface area contributed by atoms with Crippen molar-refractivity contribution < 1.29 is 28.0 Å². The van der Waals surface area contributed by atoms with E-state index in [2.05, 4.69) is 20.9 Å². The van der Waals surface area contributed by atoms with E-state index in [1.165, 1.54) is 0 Å². The largest absolute Gasteiger partial charge is 0.344 e. The first-order chi connectivity index (χ1) is 16.8. The van der Waals surface area contributed by atoms with Gasteiger partial charge in [0, 0.05) is 30.4 Å². The van der Waals surface area contributed by atoms with E-state index in [9.17, 15) is 28.0 Å². The SMILES string of the molecule is O=C(NCC(=O)C1C[C@@H]2[C@H](C1)C2(F)F)N[C@H](Cc1ccccc1)C(=O)C(=O)NCc1ccccn1. The number of aromatic nitrogens is 1. The van der Waals surface area contributed by atoms with Crippen LogP contribution in [0.1, 0.15) is 24.1 Å². The summed E-state index contributed by atoms with van der Waals surface area (Å²) in [6.45, 7) is -0.285. The van der Waals surface area contributed by atoms with Crippen LogP contribution in [0.5, 0.6) is 0 Å². The number of carbonyl (C=O) groups excluding carboxylic acids is 4. The Morgan fingerprint density at radius 3 is 2.31 bits per heavy atom. The molecule has 2 fully saturated rings. The monoisotopic (exact) mass is 484 g/mol. The highest BCUT2D eigenvalue weighted by molar-refractivity contribution is 6.38. The number of amides is 3. The molecule has 3 amide bonds. The average molecular weight is 485 g/mol. The van der Waals surface area contributed by atoms with Gasteiger partial charge in [-0.3, -0.25) is 19.4 Å². The van der Waals surface area contributed by atoms with Gasteiger partial charge in [-0.15, -0.1) is 0 Å². The third-order valence-electron chi connectivity index (χ3n) is 6.61. The van der Waals surface area contributed by atoms with Crippen LogP contribution < -0.4 is 16.0 Å². The molecule has 2 aliphatic carbocycles. The van der Waals surface area contributed by atoms with E-state index < -0.39 is 47.4 Å². The molecule has 8 nitrogen and oxygen atoms in total. The fourth-order valence-electron chi connectivity index (χ4n) is 4.57. The Hall–Kier alpha value is -3.69. The molecule has 1 unspecified atom stereocenters. The number of carbonyl (C=O) groups is 4. The van der Waals surface area contributed by atoms with Crippen LogP contribution in [0.4, 0.5) is 13.6 Å². The first kappa shape index (κ1) is 24.4. The first-order valence-electron chi connectivity index (χ1n) is 11.5. The third-order valence-corrected chi connectivity index (χ3v) is 6.61. The number of ketones is 2. The minimum absolute atomic E-state index is 0.0482. The Bertz CT molecular complexity index is 1080. The van der Waals surface area contributed by atoms with Gasteiger partial charge in [-0.2, -0.15) is 0 Å². The summed E-state index contributed by atoms with van der Waals surface area (Å²) in [5.41, 5.74) is 1.30. The molecule has 1 aromatic heterocycles. The number of nitrogens with one attached hydrogen (secondary N) is 3. The van der Waals surface area contributed by atoms with Crippen molar-refractivity contribution >= 4 is 23.5 Å². The predicted molar refractivity (Wildman–Crippen MR) is 121 cm³/mol. The van der Waals surface area contributed by atoms with Crippen LogP contribution in [-0.4, -0.2) is 47.0 Å². The number of hydrogen-bond donors (Lipinski definition) is 3. The molecule has 0 saturated heterocycles. The van der Waals surface area contributed by atoms with Crippen LogP contribution in [0.15, 0.2) is 54.7 Å². The smallest absolute Gasteiger partial charge is 0.315 e. The number of nitrogens with zero attached hydrogens (tertiary/aromatic N) is 1. The van der Waals surface area contributed by atoms with Crippen LogP contribution >= 0.6 is 0 Å². The molecule has 2 aliphatic rings. The number of Topliss-reactive ketones (excluding diaryl/α,β-unsaturated/α-hetero) is 2. The molecular formula is C25H26F2N4O4. The molecule has 4 rings (SSSR count). The van der Waals surface area contributed by atoms with Crippen LogP contribution in [0.2, 0.25) is 0 Å². The van der Waals surface area contributed by atoms with E-state index in [4.69, 9.17) is 0 Å². The fourth-order valence-corrected chi connectivity index (χ4v) is 4.57. The van der Waals surface area contributed by atoms with Crippen molar-refractivity contribution in [2.45, 2.75) is 37.8 Å². The molecule has 0 spiro atoms. The molecule has 0 bridgehead atoms. The zero-order valence-corrected chi connectivity index (χ0v) is 18.9. The molecular weight excluding hydrogens is 458 g/mol. The van der Waals surface area contributed by atoms with Crippen molar-refractivity contribution in [3.05, 3.63) is 66.0 Å². The summed E-state index contributed by atoms with van der Waals surface area (Å²) in [5, 5.41) is 7.37. The van der Waals surface area contributed by atoms with E-state index in [1.54, 1.807) is 54.7 Å². The molecule has 10 heteroatoms. The number of hydrogen-bond acceptors (Lipinski definition) is 5. The highest BCUT2D eigenvalue weighted by Crippen LogP contribution is 2.65. The standard InChI is InChI=1S/C25H26F2N4O4/c26-25(27)18-11-16(12-19(18)25)21(32)14-30-24(35)31-20(10-15-6-2-1-3-7-15)22(33)23(34)29-13-17-8-4-5-9-28-17/h1-9,16,18-20H,10-14H2,(H,29,34)(H2,30,31,35)/t16?,18-,19+,20-/m1/s1. The van der Waals surface area contributed by atoms with Crippen LogP contribution in [0.3, 0.4) is 0 Å². The summed E-state index contributed by atoms with van der Waals surface area (Å²) in [6.07, 6.45) is 1.89. The predicted octanol–water partition coefficient (Wildman–Crippen LogP) is 2.04. The molecule has 0 aliphatic heterocycles. The molecule has 35 heavy (non-hydrogen) atoms. The minimum Gasteiger partial charge on any atom is -0.344 e. The highest BCUT2D eigenvalue weighted by Gasteiger charge is 2.71. The van der Waals surface area contributed by atoms with Gasteiger partial charge < -0.3 is 16.0 Å². The molecule has 0 radical (unpaired) electrons. The van der Waals surface area contributed by atoms with Crippen LogP contribution in [-0.2, 0) is 27.3 Å². The summed E-state index contributed by atoms with van der Waals surface area (Å²) in [5.74, 6) is -6.66. The number of fused-ring (bicyclic) bond motifs is 1. The van der Waals surface area contributed by atoms with Crippen molar-refractivity contribution in [1.82, 2.24) is 20.9 Å². The summed E-state index contributed by atoms with van der Waals surface area (Å²) in [6, 6.07) is 12.1. The van der Waals surface area contributed by atoms with Gasteiger partial charge >= 0.3 is 6.03 Å². The molecule has 2 aromatic rings. The third kappa shape index (κ3) is 5.87. The number of alkyl halides is 2. The Morgan fingerprint density at radius 1 is 0.971 bits per heavy atom. The summed E-state index contributed by atoms with van der Waals surface area (Å²) >= 11 is 0. The Labute approximate surface area is 200 Å². The minimum atomic E-state index is -2.66. The van der Waals surface area contributed by atoms with Gasteiger partial charge in [0.15, 0.2) is 5.78 Å². The number of rotatable bonds is 10. The summed E-state index contributed by atoms with van der Waals surface area (Å²) in [7, 11) is 0. The van der Waals surface area contributed by atoms with Gasteiger partial charge in [0.05, 0.1) is 18.8 Å². The van der Waals surface area contributed by atoms with Crippen LogP contribution in [0, 0.1) is 17.8 Å². The maximum Gasteiger partial charge on any atom is 0.315 e. The Balaban J connectivity index is 1.31. The second kappa shape index (κ2) is 10.3. The van der Waals surface area contributed by atoms with Gasteiger partial charge in [0.1, 0.15) is 6.04 Å². The van der Waals surface area contributed by atoms with Crippen molar-refractivity contribution in [2.75, 3.05) is 6.54 Å². The molecule has 1 aromatic carbocycles. The van der Waals surface area contributed by atoms with Gasteiger partial charge in [0.2, 0.25) is 5.78 Å². The number of halogens is 2. The second-order valence-electron chi connectivity index (χ2n) is 8.96. The maximum absolute atomic E-state index is 13.3. The zero-order valence-electron chi connectivity index (χ0n) is 18.9. The van der Waals surface area contributed by atoms with E-state index in [0.717, 1.165) is 5.56 Å². The highest BCUT2D eigenvalue weighted by atomic mass is 19.3. The van der Waals surface area contributed by atoms with Gasteiger partial charge in [-0.1, -0.05) is 36.4 Å². The lowest BCUT2D eigenvalue weighted by Crippen LogP contribution is -2.52. The van der Waals surface area contributed by atoms with Gasteiger partial charge in [-0.05, 0) is 30.5 Å². The number of benzene rings is 1. The fraction of sp³-hybridized carbons (Fsp3) is 0.400. The zero-order chi connectivity index (χ0) is 25.0. The molecule has 184 valence electrons. The maximum atomic E-state index is 13.3. The lowest BCUT2D eigenvalue weighted by molar-refractivity contribution is -0.139. The van der Waals surface area contributed by atoms with Crippen molar-refractivity contribution in [2.24, 2.45) is 17.8 Å². The van der Waals surface area contributed by atoms with E-state index in [0.29, 0.717) is 5.69 Å². The molecule has 1 heterocycles. The van der Waals surface area contributed by atoms with Crippen molar-refractivity contribution in [3.63, 3.8) is 0 Å². The first-order valence-corrected chi connectivity index (χ1v) is 11.5. The lowest BCUT2D eigenvalue weighted by atomic mass is 9.97. The van der Waals surface area contributed by atoms with E-state index in [1.807, 2.05) is 0 Å². The van der Waals surface area contributed by atoms with Gasteiger partial charge in [-0.25, -0.2) is 13.6 Å². The van der Waals surface area contributed by atoms with Crippen molar-refractivity contribution in [3.8, 4) is 0 Å². The molecule has 2 saturated carbocycles. The van der Waals surface area contributed by atoms with E-state index >= 15 is 0 Å². The van der Waals surface area contributed by atoms with Gasteiger partial charge in [0.25, 0.3) is 11.8 Å². The van der Waals surface area contributed by atoms with Crippen molar-refractivity contribution in [1.29, 1.82) is 0 Å². The topological polar surface area (TPSA) is 117 Å². The van der Waals surface area contributed by atoms with Crippen LogP contribution in [0.25, 0.3) is 0 Å². The normalized spacial score (nSPS) is 22.4. The number of pyridine rings is 1. The molecule has 3 N–H and O–H groups in total. The van der Waals surface area contributed by atoms with E-state index in [-0.39, 0.29) is 38.1 Å². The average Bonchev–Trinajstić information content (AvgIpc) is 3.17. The quantitative estimate of drug-likeness (QED) is 0.446. The second-order valence-corrected chi connectivity index (χ2v) is 8.96. The summed E-state index contributed by atoms with van der Waals surface area (Å²) < 4.78 is 26.7. The molecule has 4 atom stereocenters. The lowest BCUT2D eigenvalue weighted by Gasteiger charge is -2.19. The Kier molecular flexibility index (Phi) is 7.18.